The molecule has 3 nitrogen and oxygen atoms in total. The van der Waals surface area contributed by atoms with Crippen molar-refractivity contribution in [2.75, 3.05) is 0 Å². The molecule has 0 atom stereocenters. The van der Waals surface area contributed by atoms with Crippen molar-refractivity contribution >= 4 is 21.4 Å². The van der Waals surface area contributed by atoms with Crippen LogP contribution in [0.25, 0.3) is 0 Å². The van der Waals surface area contributed by atoms with E-state index in [0.29, 0.717) is 17.1 Å². The fourth-order valence-corrected chi connectivity index (χ4v) is 4.92. The zero-order chi connectivity index (χ0) is 13.9. The van der Waals surface area contributed by atoms with Gasteiger partial charge in [-0.2, -0.15) is 0 Å². The molecule has 1 aliphatic carbocycles. The van der Waals surface area contributed by atoms with Crippen molar-refractivity contribution in [3.8, 4) is 0 Å². The molecule has 0 unspecified atom stereocenters. The van der Waals surface area contributed by atoms with Crippen molar-refractivity contribution in [2.45, 2.75) is 49.7 Å². The molecule has 106 valence electrons. The highest BCUT2D eigenvalue weighted by molar-refractivity contribution is 7.91. The summed E-state index contributed by atoms with van der Waals surface area (Å²) >= 11 is 6.13. The highest BCUT2D eigenvalue weighted by atomic mass is 35.5. The lowest BCUT2D eigenvalue weighted by Crippen LogP contribution is -2.25. The third-order valence-electron chi connectivity index (χ3n) is 3.77. The lowest BCUT2D eigenvalue weighted by molar-refractivity contribution is 0.483. The van der Waals surface area contributed by atoms with Crippen molar-refractivity contribution in [1.29, 1.82) is 0 Å². The van der Waals surface area contributed by atoms with Gasteiger partial charge in [-0.05, 0) is 30.0 Å². The summed E-state index contributed by atoms with van der Waals surface area (Å²) in [5.41, 5.74) is 7.14. The number of halogens is 1. The number of hydrogen-bond acceptors (Lipinski definition) is 3. The third kappa shape index (κ3) is 3.71. The molecule has 1 aliphatic rings. The van der Waals surface area contributed by atoms with Gasteiger partial charge in [0.2, 0.25) is 0 Å². The number of nitrogens with two attached hydrogens (primary N) is 1. The van der Waals surface area contributed by atoms with E-state index in [2.05, 4.69) is 0 Å². The molecular formula is C14H20ClNO2S. The second kappa shape index (κ2) is 6.25. The second-order valence-corrected chi connectivity index (χ2v) is 7.89. The average molecular weight is 302 g/mol. The summed E-state index contributed by atoms with van der Waals surface area (Å²) in [4.78, 5) is 0. The van der Waals surface area contributed by atoms with E-state index < -0.39 is 9.84 Å². The highest BCUT2D eigenvalue weighted by Gasteiger charge is 2.27. The molecule has 0 aliphatic heterocycles. The Morgan fingerprint density at radius 1 is 1.21 bits per heavy atom. The van der Waals surface area contributed by atoms with Crippen molar-refractivity contribution < 1.29 is 8.42 Å². The van der Waals surface area contributed by atoms with Gasteiger partial charge in [0.15, 0.2) is 9.84 Å². The van der Waals surface area contributed by atoms with E-state index in [-0.39, 0.29) is 11.0 Å². The lowest BCUT2D eigenvalue weighted by Gasteiger charge is -2.22. The number of rotatable bonds is 4. The Kier molecular flexibility index (Phi) is 4.87. The van der Waals surface area contributed by atoms with Gasteiger partial charge in [-0.3, -0.25) is 0 Å². The van der Waals surface area contributed by atoms with Gasteiger partial charge in [0.05, 0.1) is 11.0 Å². The van der Waals surface area contributed by atoms with Crippen LogP contribution in [0.3, 0.4) is 0 Å². The van der Waals surface area contributed by atoms with E-state index in [0.717, 1.165) is 37.7 Å². The summed E-state index contributed by atoms with van der Waals surface area (Å²) < 4.78 is 24.8. The molecule has 5 heteroatoms. The van der Waals surface area contributed by atoms with Gasteiger partial charge in [0.25, 0.3) is 0 Å². The molecule has 0 bridgehead atoms. The van der Waals surface area contributed by atoms with Crippen molar-refractivity contribution in [3.05, 3.63) is 34.3 Å². The van der Waals surface area contributed by atoms with Gasteiger partial charge >= 0.3 is 0 Å². The molecule has 0 aromatic heterocycles. The van der Waals surface area contributed by atoms with Crippen molar-refractivity contribution in [2.24, 2.45) is 5.73 Å². The Hall–Kier alpha value is -0.580. The maximum atomic E-state index is 12.4. The van der Waals surface area contributed by atoms with E-state index in [9.17, 15) is 8.42 Å². The Morgan fingerprint density at radius 2 is 1.89 bits per heavy atom. The van der Waals surface area contributed by atoms with Crippen LogP contribution in [-0.2, 0) is 22.1 Å². The second-order valence-electron chi connectivity index (χ2n) is 5.20. The molecule has 2 rings (SSSR count). The van der Waals surface area contributed by atoms with Crippen LogP contribution in [0.5, 0.6) is 0 Å². The third-order valence-corrected chi connectivity index (χ3v) is 6.32. The predicted octanol–water partition coefficient (Wildman–Crippen LogP) is 3.05. The molecule has 19 heavy (non-hydrogen) atoms. The Balaban J connectivity index is 2.15. The van der Waals surface area contributed by atoms with Crippen LogP contribution in [0.15, 0.2) is 18.2 Å². The lowest BCUT2D eigenvalue weighted by atomic mass is 10.0. The van der Waals surface area contributed by atoms with Gasteiger partial charge in [0.1, 0.15) is 0 Å². The summed E-state index contributed by atoms with van der Waals surface area (Å²) in [6.45, 7) is 0.412. The van der Waals surface area contributed by atoms with Crippen LogP contribution in [0.4, 0.5) is 0 Å². The van der Waals surface area contributed by atoms with Gasteiger partial charge < -0.3 is 5.73 Å². The van der Waals surface area contributed by atoms with Gasteiger partial charge in [-0.15, -0.1) is 0 Å². The fraction of sp³-hybridized carbons (Fsp3) is 0.571. The zero-order valence-electron chi connectivity index (χ0n) is 10.9. The molecule has 1 aromatic carbocycles. The maximum Gasteiger partial charge on any atom is 0.157 e. The number of benzene rings is 1. The highest BCUT2D eigenvalue weighted by Crippen LogP contribution is 2.28. The number of sulfone groups is 1. The predicted molar refractivity (Wildman–Crippen MR) is 78.8 cm³/mol. The Bertz CT molecular complexity index is 536. The van der Waals surface area contributed by atoms with E-state index in [1.165, 1.54) is 0 Å². The molecular weight excluding hydrogens is 282 g/mol. The topological polar surface area (TPSA) is 60.2 Å². The first kappa shape index (κ1) is 14.8. The van der Waals surface area contributed by atoms with E-state index in [1.807, 2.05) is 6.07 Å². The van der Waals surface area contributed by atoms with Crippen molar-refractivity contribution in [1.82, 2.24) is 0 Å². The van der Waals surface area contributed by atoms with Crippen LogP contribution in [0, 0.1) is 0 Å². The Morgan fingerprint density at radius 3 is 2.47 bits per heavy atom. The molecule has 1 saturated carbocycles. The van der Waals surface area contributed by atoms with Gasteiger partial charge in [-0.1, -0.05) is 43.0 Å². The molecule has 0 heterocycles. The molecule has 1 fully saturated rings. The summed E-state index contributed by atoms with van der Waals surface area (Å²) in [7, 11) is -3.09. The minimum absolute atomic E-state index is 0.0430. The molecule has 2 N–H and O–H groups in total. The van der Waals surface area contributed by atoms with Crippen LogP contribution < -0.4 is 5.73 Å². The molecule has 0 saturated heterocycles. The first-order chi connectivity index (χ1) is 9.03. The van der Waals surface area contributed by atoms with Crippen LogP contribution in [0.1, 0.15) is 43.2 Å². The monoisotopic (exact) mass is 301 g/mol. The first-order valence-corrected chi connectivity index (χ1v) is 8.81. The first-order valence-electron chi connectivity index (χ1n) is 6.72. The number of hydrogen-bond donors (Lipinski definition) is 1. The van der Waals surface area contributed by atoms with E-state index in [1.54, 1.807) is 12.1 Å². The van der Waals surface area contributed by atoms with E-state index >= 15 is 0 Å². The Labute approximate surface area is 120 Å². The van der Waals surface area contributed by atoms with Crippen molar-refractivity contribution in [3.63, 3.8) is 0 Å². The average Bonchev–Trinajstić information content (AvgIpc) is 2.42. The molecule has 0 spiro atoms. The minimum atomic E-state index is -3.09. The normalized spacial score (nSPS) is 17.6. The quantitative estimate of drug-likeness (QED) is 0.930. The largest absolute Gasteiger partial charge is 0.326 e. The van der Waals surface area contributed by atoms with Gasteiger partial charge in [0, 0.05) is 11.6 Å². The summed E-state index contributed by atoms with van der Waals surface area (Å²) in [6.07, 6.45) is 4.77. The molecule has 1 aromatic rings. The standard InChI is InChI=1S/C14H20ClNO2S/c15-14-8-11(9-16)6-7-12(14)10-19(17,18)13-4-2-1-3-5-13/h6-8,13H,1-5,9-10,16H2. The van der Waals surface area contributed by atoms with Crippen LogP contribution in [-0.4, -0.2) is 13.7 Å². The zero-order valence-corrected chi connectivity index (χ0v) is 12.5. The fourth-order valence-electron chi connectivity index (χ4n) is 2.59. The van der Waals surface area contributed by atoms with Gasteiger partial charge in [-0.25, -0.2) is 8.42 Å². The smallest absolute Gasteiger partial charge is 0.157 e. The van der Waals surface area contributed by atoms with Crippen LogP contribution >= 0.6 is 11.6 Å². The molecule has 0 amide bonds. The summed E-state index contributed by atoms with van der Waals surface area (Å²) in [5, 5.41) is 0.314. The summed E-state index contributed by atoms with van der Waals surface area (Å²) in [6, 6.07) is 5.38. The minimum Gasteiger partial charge on any atom is -0.326 e. The van der Waals surface area contributed by atoms with Crippen LogP contribution in [0.2, 0.25) is 5.02 Å². The van der Waals surface area contributed by atoms with E-state index in [4.69, 9.17) is 17.3 Å². The molecule has 0 radical (unpaired) electrons. The summed E-state index contributed by atoms with van der Waals surface area (Å²) in [5.74, 6) is 0.0430. The SMILES string of the molecule is NCc1ccc(CS(=O)(=O)C2CCCCC2)c(Cl)c1. The maximum absolute atomic E-state index is 12.4.